The first kappa shape index (κ1) is 17.8. The second kappa shape index (κ2) is 7.59. The minimum absolute atomic E-state index is 0.0190. The highest BCUT2D eigenvalue weighted by Gasteiger charge is 2.33. The highest BCUT2D eigenvalue weighted by atomic mass is 16.2. The summed E-state index contributed by atoms with van der Waals surface area (Å²) in [5, 5.41) is 10.8. The van der Waals surface area contributed by atoms with Gasteiger partial charge in [0.2, 0.25) is 0 Å². The van der Waals surface area contributed by atoms with Gasteiger partial charge >= 0.3 is 0 Å². The van der Waals surface area contributed by atoms with Crippen molar-refractivity contribution in [1.29, 1.82) is 0 Å². The molecule has 0 atom stereocenters. The molecular formula is C20H20N6O2. The first-order valence-corrected chi connectivity index (χ1v) is 9.06. The van der Waals surface area contributed by atoms with Gasteiger partial charge in [0.25, 0.3) is 11.8 Å². The molecule has 0 aliphatic carbocycles. The molecule has 0 unspecified atom stereocenters. The molecule has 1 fully saturated rings. The number of benzene rings is 1. The Hall–Kier alpha value is -3.55. The Morgan fingerprint density at radius 2 is 1.93 bits per heavy atom. The van der Waals surface area contributed by atoms with E-state index in [2.05, 4.69) is 20.6 Å². The van der Waals surface area contributed by atoms with Crippen molar-refractivity contribution in [3.05, 3.63) is 77.4 Å². The molecule has 2 aromatic heterocycles. The molecule has 0 saturated carbocycles. The molecule has 1 saturated heterocycles. The standard InChI is InChI=1S/C20H20N6O2/c1-14-7-8-16(10-21-14)20(28)25-11-17(12-25)26-13-18(23-24-26)19(27)22-9-15-5-3-2-4-6-15/h2-8,10,13,17H,9,11-12H2,1H3,(H,22,27). The second-order valence-electron chi connectivity index (χ2n) is 6.80. The molecule has 142 valence electrons. The zero-order valence-electron chi connectivity index (χ0n) is 15.4. The fourth-order valence-electron chi connectivity index (χ4n) is 2.99. The van der Waals surface area contributed by atoms with Crippen LogP contribution in [0.3, 0.4) is 0 Å². The zero-order chi connectivity index (χ0) is 19.5. The number of nitrogens with zero attached hydrogens (tertiary/aromatic N) is 5. The second-order valence-corrected chi connectivity index (χ2v) is 6.80. The minimum atomic E-state index is -0.270. The molecule has 4 rings (SSSR count). The van der Waals surface area contributed by atoms with E-state index in [4.69, 9.17) is 0 Å². The SMILES string of the molecule is Cc1ccc(C(=O)N2CC(n3cc(C(=O)NCc4ccccc4)nn3)C2)cn1. The van der Waals surface area contributed by atoms with Crippen LogP contribution in [0.25, 0.3) is 0 Å². The lowest BCUT2D eigenvalue weighted by Crippen LogP contribution is -2.50. The summed E-state index contributed by atoms with van der Waals surface area (Å²) in [6.07, 6.45) is 3.22. The molecule has 28 heavy (non-hydrogen) atoms. The third-order valence-corrected chi connectivity index (χ3v) is 4.72. The first-order valence-electron chi connectivity index (χ1n) is 9.06. The van der Waals surface area contributed by atoms with E-state index in [9.17, 15) is 9.59 Å². The van der Waals surface area contributed by atoms with E-state index in [0.717, 1.165) is 11.3 Å². The molecule has 1 N–H and O–H groups in total. The third kappa shape index (κ3) is 3.75. The maximum Gasteiger partial charge on any atom is 0.273 e. The van der Waals surface area contributed by atoms with Gasteiger partial charge in [-0.05, 0) is 24.6 Å². The van der Waals surface area contributed by atoms with Gasteiger partial charge in [0.1, 0.15) is 0 Å². The highest BCUT2D eigenvalue weighted by Crippen LogP contribution is 2.22. The monoisotopic (exact) mass is 376 g/mol. The van der Waals surface area contributed by atoms with E-state index >= 15 is 0 Å². The van der Waals surface area contributed by atoms with E-state index in [0.29, 0.717) is 25.2 Å². The molecule has 2 amide bonds. The molecule has 0 radical (unpaired) electrons. The minimum Gasteiger partial charge on any atom is -0.347 e. The Morgan fingerprint density at radius 1 is 1.14 bits per heavy atom. The summed E-state index contributed by atoms with van der Waals surface area (Å²) in [4.78, 5) is 30.6. The molecule has 3 aromatic rings. The maximum atomic E-state index is 12.4. The van der Waals surface area contributed by atoms with Crippen molar-refractivity contribution < 1.29 is 9.59 Å². The van der Waals surface area contributed by atoms with Crippen molar-refractivity contribution in [3.63, 3.8) is 0 Å². The fraction of sp³-hybridized carbons (Fsp3) is 0.250. The number of likely N-dealkylation sites (tertiary alicyclic amines) is 1. The average Bonchev–Trinajstić information content (AvgIpc) is 3.16. The number of hydrogen-bond donors (Lipinski definition) is 1. The highest BCUT2D eigenvalue weighted by molar-refractivity contribution is 5.94. The summed E-state index contributed by atoms with van der Waals surface area (Å²) in [7, 11) is 0. The quantitative estimate of drug-likeness (QED) is 0.730. The maximum absolute atomic E-state index is 12.4. The van der Waals surface area contributed by atoms with E-state index in [1.807, 2.05) is 43.3 Å². The number of amides is 2. The van der Waals surface area contributed by atoms with Crippen molar-refractivity contribution in [2.45, 2.75) is 19.5 Å². The van der Waals surface area contributed by atoms with Gasteiger partial charge in [-0.15, -0.1) is 5.10 Å². The van der Waals surface area contributed by atoms with Crippen LogP contribution in [-0.4, -0.2) is 49.8 Å². The van der Waals surface area contributed by atoms with Gasteiger partial charge in [-0.2, -0.15) is 0 Å². The number of carbonyl (C=O) groups excluding carboxylic acids is 2. The van der Waals surface area contributed by atoms with Crippen LogP contribution in [-0.2, 0) is 6.54 Å². The summed E-state index contributed by atoms with van der Waals surface area (Å²) in [6.45, 7) is 3.37. The zero-order valence-corrected chi connectivity index (χ0v) is 15.4. The summed E-state index contributed by atoms with van der Waals surface area (Å²) in [6, 6.07) is 13.3. The van der Waals surface area contributed by atoms with Gasteiger partial charge in [-0.25, -0.2) is 4.68 Å². The predicted octanol–water partition coefficient (Wildman–Crippen LogP) is 1.61. The lowest BCUT2D eigenvalue weighted by Gasteiger charge is -2.38. The van der Waals surface area contributed by atoms with Gasteiger partial charge < -0.3 is 10.2 Å². The summed E-state index contributed by atoms with van der Waals surface area (Å²) in [5.41, 5.74) is 2.73. The Labute approximate surface area is 162 Å². The topological polar surface area (TPSA) is 93.0 Å². The van der Waals surface area contributed by atoms with Gasteiger partial charge in [0.15, 0.2) is 5.69 Å². The van der Waals surface area contributed by atoms with E-state index in [-0.39, 0.29) is 23.6 Å². The Balaban J connectivity index is 1.31. The van der Waals surface area contributed by atoms with Crippen molar-refractivity contribution >= 4 is 11.8 Å². The molecular weight excluding hydrogens is 356 g/mol. The van der Waals surface area contributed by atoms with E-state index in [1.165, 1.54) is 0 Å². The van der Waals surface area contributed by atoms with Crippen LogP contribution >= 0.6 is 0 Å². The van der Waals surface area contributed by atoms with Crippen LogP contribution in [0.5, 0.6) is 0 Å². The summed E-state index contributed by atoms with van der Waals surface area (Å²) < 4.78 is 1.65. The van der Waals surface area contributed by atoms with Crippen molar-refractivity contribution in [2.24, 2.45) is 0 Å². The molecule has 1 aliphatic rings. The van der Waals surface area contributed by atoms with Crippen LogP contribution in [0.4, 0.5) is 0 Å². The summed E-state index contributed by atoms with van der Waals surface area (Å²) >= 11 is 0. The Kier molecular flexibility index (Phi) is 4.84. The predicted molar refractivity (Wildman–Crippen MR) is 102 cm³/mol. The van der Waals surface area contributed by atoms with Gasteiger partial charge in [-0.1, -0.05) is 35.5 Å². The Morgan fingerprint density at radius 3 is 2.64 bits per heavy atom. The largest absolute Gasteiger partial charge is 0.347 e. The number of nitrogens with one attached hydrogen (secondary N) is 1. The molecule has 0 spiro atoms. The van der Waals surface area contributed by atoms with Crippen molar-refractivity contribution in [1.82, 2.24) is 30.2 Å². The number of rotatable bonds is 5. The smallest absolute Gasteiger partial charge is 0.273 e. The molecule has 1 aliphatic heterocycles. The lowest BCUT2D eigenvalue weighted by molar-refractivity contribution is 0.0497. The van der Waals surface area contributed by atoms with Crippen molar-refractivity contribution in [2.75, 3.05) is 13.1 Å². The molecule has 0 bridgehead atoms. The van der Waals surface area contributed by atoms with Gasteiger partial charge in [-0.3, -0.25) is 14.6 Å². The number of aromatic nitrogens is 4. The Bertz CT molecular complexity index is 977. The number of carbonyl (C=O) groups is 2. The normalized spacial score (nSPS) is 13.8. The summed E-state index contributed by atoms with van der Waals surface area (Å²) in [5.74, 6) is -0.321. The first-order chi connectivity index (χ1) is 13.6. The molecule has 3 heterocycles. The van der Waals surface area contributed by atoms with Crippen molar-refractivity contribution in [3.8, 4) is 0 Å². The van der Waals surface area contributed by atoms with Crippen LogP contribution in [0, 0.1) is 6.92 Å². The van der Waals surface area contributed by atoms with Gasteiger partial charge in [0, 0.05) is 31.5 Å². The van der Waals surface area contributed by atoms with Crippen LogP contribution in [0.15, 0.2) is 54.9 Å². The number of pyridine rings is 1. The molecule has 8 nitrogen and oxygen atoms in total. The average molecular weight is 376 g/mol. The van der Waals surface area contributed by atoms with Crippen LogP contribution in [0.2, 0.25) is 0 Å². The lowest BCUT2D eigenvalue weighted by atomic mass is 10.1. The van der Waals surface area contributed by atoms with Crippen LogP contribution < -0.4 is 5.32 Å². The van der Waals surface area contributed by atoms with Crippen LogP contribution in [0.1, 0.15) is 38.1 Å². The van der Waals surface area contributed by atoms with E-state index < -0.39 is 0 Å². The third-order valence-electron chi connectivity index (χ3n) is 4.72. The fourth-order valence-corrected chi connectivity index (χ4v) is 2.99. The molecule has 1 aromatic carbocycles. The number of aryl methyl sites for hydroxylation is 1. The van der Waals surface area contributed by atoms with Gasteiger partial charge in [0.05, 0.1) is 17.8 Å². The van der Waals surface area contributed by atoms with E-state index in [1.54, 1.807) is 28.0 Å². The number of hydrogen-bond acceptors (Lipinski definition) is 5. The molecule has 8 heteroatoms.